The van der Waals surface area contributed by atoms with Crippen molar-refractivity contribution in [1.82, 2.24) is 5.32 Å². The number of rotatable bonds is 7. The zero-order valence-corrected chi connectivity index (χ0v) is 18.7. The topological polar surface area (TPSA) is 60.4 Å². The van der Waals surface area contributed by atoms with Crippen LogP contribution in [-0.2, 0) is 11.3 Å². The van der Waals surface area contributed by atoms with Crippen LogP contribution < -0.4 is 19.9 Å². The van der Waals surface area contributed by atoms with Crippen LogP contribution in [0.3, 0.4) is 0 Å². The number of nitrogens with one attached hydrogen (secondary N) is 3. The average Bonchev–Trinajstić information content (AvgIpc) is 3.20. The third-order valence-electron chi connectivity index (χ3n) is 6.20. The molecule has 0 aliphatic carbocycles. The molecular weight excluding hydrogens is 390 g/mol. The molecule has 31 heavy (non-hydrogen) atoms. The van der Waals surface area contributed by atoms with Gasteiger partial charge in [0.05, 0.1) is 13.2 Å². The van der Waals surface area contributed by atoms with Crippen LogP contribution in [0.1, 0.15) is 29.9 Å². The van der Waals surface area contributed by atoms with Crippen molar-refractivity contribution < 1.29 is 23.7 Å². The SMILES string of the molecule is COc1ccc(C)cc1C[NH+]1CC[NH+](CC(=O)N[C@@H](C)c2cc3ccccc3o2)CC1. The lowest BCUT2D eigenvalue weighted by Crippen LogP contribution is -3.28. The number of fused-ring (bicyclic) bond motifs is 1. The molecule has 1 aliphatic heterocycles. The number of aryl methyl sites for hydroxylation is 1. The van der Waals surface area contributed by atoms with Gasteiger partial charge in [0, 0.05) is 10.9 Å². The number of hydrogen-bond acceptors (Lipinski definition) is 3. The third-order valence-corrected chi connectivity index (χ3v) is 6.20. The van der Waals surface area contributed by atoms with Gasteiger partial charge in [0.1, 0.15) is 49.8 Å². The molecule has 6 nitrogen and oxygen atoms in total. The summed E-state index contributed by atoms with van der Waals surface area (Å²) in [4.78, 5) is 15.5. The van der Waals surface area contributed by atoms with Gasteiger partial charge in [0.15, 0.2) is 6.54 Å². The van der Waals surface area contributed by atoms with Gasteiger partial charge < -0.3 is 24.3 Å². The van der Waals surface area contributed by atoms with E-state index < -0.39 is 0 Å². The summed E-state index contributed by atoms with van der Waals surface area (Å²) in [5, 5.41) is 4.16. The monoisotopic (exact) mass is 423 g/mol. The molecule has 0 saturated carbocycles. The number of carbonyl (C=O) groups is 1. The van der Waals surface area contributed by atoms with Gasteiger partial charge in [-0.3, -0.25) is 4.79 Å². The van der Waals surface area contributed by atoms with Crippen LogP contribution >= 0.6 is 0 Å². The fraction of sp³-hybridized carbons (Fsp3) is 0.400. The highest BCUT2D eigenvalue weighted by atomic mass is 16.5. The molecule has 0 bridgehead atoms. The molecule has 3 aromatic rings. The van der Waals surface area contributed by atoms with E-state index in [2.05, 4.69) is 30.4 Å². The van der Waals surface area contributed by atoms with E-state index in [1.807, 2.05) is 37.3 Å². The minimum absolute atomic E-state index is 0.0757. The first kappa shape index (κ1) is 21.4. The molecule has 1 atom stereocenters. The van der Waals surface area contributed by atoms with Crippen LogP contribution in [0, 0.1) is 6.92 Å². The van der Waals surface area contributed by atoms with Gasteiger partial charge in [-0.25, -0.2) is 0 Å². The Balaban J connectivity index is 1.26. The summed E-state index contributed by atoms with van der Waals surface area (Å²) in [6, 6.07) is 16.2. The van der Waals surface area contributed by atoms with Crippen LogP contribution in [-0.4, -0.2) is 45.7 Å². The highest BCUT2D eigenvalue weighted by Crippen LogP contribution is 2.23. The number of carbonyl (C=O) groups excluding carboxylic acids is 1. The lowest BCUT2D eigenvalue weighted by molar-refractivity contribution is -1.02. The van der Waals surface area contributed by atoms with E-state index in [-0.39, 0.29) is 11.9 Å². The van der Waals surface area contributed by atoms with Gasteiger partial charge >= 0.3 is 0 Å². The summed E-state index contributed by atoms with van der Waals surface area (Å²) in [6.07, 6.45) is 0. The van der Waals surface area contributed by atoms with Gasteiger partial charge in [-0.05, 0) is 38.1 Å². The van der Waals surface area contributed by atoms with Crippen LogP contribution in [0.5, 0.6) is 5.75 Å². The van der Waals surface area contributed by atoms with E-state index in [9.17, 15) is 4.79 Å². The van der Waals surface area contributed by atoms with E-state index in [0.717, 1.165) is 55.2 Å². The number of methoxy groups -OCH3 is 1. The molecule has 1 fully saturated rings. The van der Waals surface area contributed by atoms with Crippen LogP contribution in [0.4, 0.5) is 0 Å². The Bertz CT molecular complexity index is 1000. The molecule has 2 heterocycles. The van der Waals surface area contributed by atoms with Gasteiger partial charge in [0.2, 0.25) is 0 Å². The van der Waals surface area contributed by atoms with Crippen molar-refractivity contribution in [1.29, 1.82) is 0 Å². The standard InChI is InChI=1S/C25H31N3O3/c1-18-8-9-22(30-3)21(14-18)16-27-10-12-28(13-11-27)17-25(29)26-19(2)24-15-20-6-4-5-7-23(20)31-24/h4-9,14-15,19H,10-13,16-17H2,1-3H3,(H,26,29)/p+2/t19-/m0/s1. The second-order valence-corrected chi connectivity index (χ2v) is 8.64. The minimum Gasteiger partial charge on any atom is -0.496 e. The second kappa shape index (κ2) is 9.54. The molecule has 1 amide bonds. The summed E-state index contributed by atoms with van der Waals surface area (Å²) in [7, 11) is 1.73. The normalized spacial score (nSPS) is 19.8. The first-order chi connectivity index (χ1) is 15.0. The molecule has 3 N–H and O–H groups in total. The Kier molecular flexibility index (Phi) is 6.59. The maximum absolute atomic E-state index is 12.6. The first-order valence-electron chi connectivity index (χ1n) is 11.1. The van der Waals surface area contributed by atoms with E-state index in [1.54, 1.807) is 12.0 Å². The third kappa shape index (κ3) is 5.27. The lowest BCUT2D eigenvalue weighted by atomic mass is 10.1. The van der Waals surface area contributed by atoms with Crippen molar-refractivity contribution in [3.05, 3.63) is 65.4 Å². The molecule has 2 aromatic carbocycles. The van der Waals surface area contributed by atoms with Crippen molar-refractivity contribution in [3.8, 4) is 5.75 Å². The summed E-state index contributed by atoms with van der Waals surface area (Å²) in [5.74, 6) is 1.84. The number of ether oxygens (including phenoxy) is 1. The van der Waals surface area contributed by atoms with Crippen molar-refractivity contribution in [2.75, 3.05) is 39.8 Å². The highest BCUT2D eigenvalue weighted by Gasteiger charge is 2.26. The molecule has 0 spiro atoms. The maximum Gasteiger partial charge on any atom is 0.275 e. The van der Waals surface area contributed by atoms with Gasteiger partial charge in [-0.2, -0.15) is 0 Å². The van der Waals surface area contributed by atoms with Crippen LogP contribution in [0.25, 0.3) is 11.0 Å². The van der Waals surface area contributed by atoms with Gasteiger partial charge in [-0.15, -0.1) is 0 Å². The fourth-order valence-corrected chi connectivity index (χ4v) is 4.43. The van der Waals surface area contributed by atoms with E-state index in [1.165, 1.54) is 16.0 Å². The molecule has 1 aromatic heterocycles. The largest absolute Gasteiger partial charge is 0.496 e. The fourth-order valence-electron chi connectivity index (χ4n) is 4.43. The molecule has 4 rings (SSSR count). The predicted molar refractivity (Wildman–Crippen MR) is 120 cm³/mol. The number of furan rings is 1. The van der Waals surface area contributed by atoms with E-state index in [4.69, 9.17) is 9.15 Å². The summed E-state index contributed by atoms with van der Waals surface area (Å²) < 4.78 is 11.4. The quantitative estimate of drug-likeness (QED) is 0.530. The molecule has 1 saturated heterocycles. The molecule has 0 radical (unpaired) electrons. The average molecular weight is 424 g/mol. The zero-order chi connectivity index (χ0) is 21.8. The number of hydrogen-bond donors (Lipinski definition) is 3. The first-order valence-corrected chi connectivity index (χ1v) is 11.1. The second-order valence-electron chi connectivity index (χ2n) is 8.64. The molecule has 6 heteroatoms. The summed E-state index contributed by atoms with van der Waals surface area (Å²) in [6.45, 7) is 9.66. The van der Waals surface area contributed by atoms with Crippen molar-refractivity contribution in [2.24, 2.45) is 0 Å². The summed E-state index contributed by atoms with van der Waals surface area (Å²) >= 11 is 0. The van der Waals surface area contributed by atoms with E-state index >= 15 is 0 Å². The number of para-hydroxylation sites is 1. The lowest BCUT2D eigenvalue weighted by Gasteiger charge is -2.30. The molecular formula is C25H33N3O3+2. The highest BCUT2D eigenvalue weighted by molar-refractivity contribution is 5.79. The van der Waals surface area contributed by atoms with Crippen molar-refractivity contribution in [3.63, 3.8) is 0 Å². The number of amides is 1. The van der Waals surface area contributed by atoms with E-state index in [0.29, 0.717) is 6.54 Å². The Labute approximate surface area is 183 Å². The molecule has 164 valence electrons. The Hall–Kier alpha value is -2.83. The Morgan fingerprint density at radius 3 is 2.58 bits per heavy atom. The van der Waals surface area contributed by atoms with Crippen LogP contribution in [0.2, 0.25) is 0 Å². The van der Waals surface area contributed by atoms with Crippen molar-refractivity contribution in [2.45, 2.75) is 26.4 Å². The smallest absolute Gasteiger partial charge is 0.275 e. The van der Waals surface area contributed by atoms with Crippen molar-refractivity contribution >= 4 is 16.9 Å². The predicted octanol–water partition coefficient (Wildman–Crippen LogP) is 0.911. The zero-order valence-electron chi connectivity index (χ0n) is 18.7. The summed E-state index contributed by atoms with van der Waals surface area (Å²) in [5.41, 5.74) is 3.38. The Morgan fingerprint density at radius 1 is 1.10 bits per heavy atom. The molecule has 0 unspecified atom stereocenters. The Morgan fingerprint density at radius 2 is 1.84 bits per heavy atom. The van der Waals surface area contributed by atoms with Gasteiger partial charge in [-0.1, -0.05) is 29.8 Å². The number of piperazine rings is 1. The van der Waals surface area contributed by atoms with Crippen LogP contribution in [0.15, 0.2) is 52.9 Å². The number of quaternary nitrogens is 2. The number of benzene rings is 2. The minimum atomic E-state index is -0.139. The maximum atomic E-state index is 12.6. The molecule has 1 aliphatic rings. The van der Waals surface area contributed by atoms with Gasteiger partial charge in [0.25, 0.3) is 5.91 Å².